The summed E-state index contributed by atoms with van der Waals surface area (Å²) in [5, 5.41) is 4.72. The summed E-state index contributed by atoms with van der Waals surface area (Å²) in [5.41, 5.74) is 9.59. The molecule has 22 heavy (non-hydrogen) atoms. The average Bonchev–Trinajstić information content (AvgIpc) is 2.46. The Hall–Kier alpha value is -3.16. The van der Waals surface area contributed by atoms with Gasteiger partial charge in [-0.1, -0.05) is 25.3 Å². The number of allylic oxidation sites excluding steroid dienone is 2. The molecule has 0 atom stereocenters. The molecule has 0 saturated carbocycles. The van der Waals surface area contributed by atoms with Crippen LogP contribution >= 0.6 is 0 Å². The average molecular weight is 308 g/mol. The maximum atomic E-state index is 10.5. The molecule has 0 fully saturated rings. The van der Waals surface area contributed by atoms with E-state index in [9.17, 15) is 19.2 Å². The Morgan fingerprint density at radius 2 is 1.18 bits per heavy atom. The zero-order valence-electron chi connectivity index (χ0n) is 12.1. The van der Waals surface area contributed by atoms with Crippen LogP contribution < -0.4 is 22.1 Å². The Balaban J connectivity index is 0. The third-order valence-electron chi connectivity index (χ3n) is 1.73. The molecule has 0 aliphatic carbocycles. The smallest absolute Gasteiger partial charge is 0.244 e. The molecule has 0 rings (SSSR count). The predicted octanol–water partition coefficient (Wildman–Crippen LogP) is -0.992. The molecule has 0 aromatic carbocycles. The number of carbonyl (C=O) groups excluding carboxylic acids is 4. The highest BCUT2D eigenvalue weighted by Crippen LogP contribution is 1.84. The number of nitrogens with one attached hydrogen (secondary N) is 2. The first-order chi connectivity index (χ1) is 10.3. The minimum Gasteiger partial charge on any atom is -0.366 e. The lowest BCUT2D eigenvalue weighted by Gasteiger charge is -2.01. The first-order valence-corrected chi connectivity index (χ1v) is 6.06. The number of hydrogen-bond acceptors (Lipinski definition) is 4. The first kappa shape index (κ1) is 21.1. The van der Waals surface area contributed by atoms with E-state index in [-0.39, 0.29) is 18.5 Å². The highest BCUT2D eigenvalue weighted by molar-refractivity contribution is 5.89. The number of amides is 4. The molecule has 8 nitrogen and oxygen atoms in total. The molecule has 0 heterocycles. The van der Waals surface area contributed by atoms with Crippen LogP contribution in [0.1, 0.15) is 6.42 Å². The minimum absolute atomic E-state index is 0.0930. The fraction of sp³-hybridized carbons (Fsp3) is 0.143. The summed E-state index contributed by atoms with van der Waals surface area (Å²) in [4.78, 5) is 41.2. The van der Waals surface area contributed by atoms with Crippen molar-refractivity contribution in [3.63, 3.8) is 0 Å². The molecule has 120 valence electrons. The zero-order chi connectivity index (χ0) is 17.4. The largest absolute Gasteiger partial charge is 0.366 e. The fourth-order valence-corrected chi connectivity index (χ4v) is 0.810. The Labute approximate surface area is 128 Å². The van der Waals surface area contributed by atoms with Crippen LogP contribution in [0.15, 0.2) is 49.6 Å². The molecule has 8 heteroatoms. The summed E-state index contributed by atoms with van der Waals surface area (Å²) in [6.07, 6.45) is 8.27. The molecule has 0 bridgehead atoms. The first-order valence-electron chi connectivity index (χ1n) is 6.06. The third-order valence-corrected chi connectivity index (χ3v) is 1.73. The molecule has 0 aromatic heterocycles. The predicted molar refractivity (Wildman–Crippen MR) is 82.8 cm³/mol. The Kier molecular flexibility index (Phi) is 13.7. The number of nitrogens with two attached hydrogens (primary N) is 2. The van der Waals surface area contributed by atoms with E-state index in [1.807, 2.05) is 0 Å². The maximum Gasteiger partial charge on any atom is 0.244 e. The van der Waals surface area contributed by atoms with Crippen LogP contribution in [0.3, 0.4) is 0 Å². The van der Waals surface area contributed by atoms with E-state index in [0.717, 1.165) is 12.2 Å². The molecule has 0 spiro atoms. The normalized spacial score (nSPS) is 9.45. The standard InChI is InChI=1S/2C7H10N2O2/c1-3-6(10)8-5-9-7(11)4-2;8-6(10)4-2-1-3-5-7(9)11/h3-4H,1-2,5H2,(H,8,10)(H,9,11);2-5H,1H2,(H2,8,10)(H2,9,11). The summed E-state index contributed by atoms with van der Waals surface area (Å²) in [6, 6.07) is 0. The highest BCUT2D eigenvalue weighted by atomic mass is 16.2. The molecule has 0 unspecified atom stereocenters. The van der Waals surface area contributed by atoms with Crippen molar-refractivity contribution >= 4 is 23.6 Å². The van der Waals surface area contributed by atoms with E-state index in [2.05, 4.69) is 23.8 Å². The summed E-state index contributed by atoms with van der Waals surface area (Å²) < 4.78 is 0. The van der Waals surface area contributed by atoms with Gasteiger partial charge in [0.05, 0.1) is 6.67 Å². The van der Waals surface area contributed by atoms with Crippen LogP contribution in [0.25, 0.3) is 0 Å². The topological polar surface area (TPSA) is 144 Å². The van der Waals surface area contributed by atoms with Crippen LogP contribution in [-0.2, 0) is 19.2 Å². The molecule has 4 amide bonds. The lowest BCUT2D eigenvalue weighted by Crippen LogP contribution is -2.35. The van der Waals surface area contributed by atoms with E-state index in [1.165, 1.54) is 12.2 Å². The Bertz CT molecular complexity index is 439. The van der Waals surface area contributed by atoms with Crippen molar-refractivity contribution in [1.29, 1.82) is 0 Å². The molecule has 0 aromatic rings. The maximum absolute atomic E-state index is 10.5. The number of primary amides is 2. The van der Waals surface area contributed by atoms with Crippen molar-refractivity contribution in [3.8, 4) is 0 Å². The molecule has 0 aliphatic heterocycles. The van der Waals surface area contributed by atoms with E-state index >= 15 is 0 Å². The van der Waals surface area contributed by atoms with Gasteiger partial charge >= 0.3 is 0 Å². The van der Waals surface area contributed by atoms with Crippen molar-refractivity contribution in [2.75, 3.05) is 6.67 Å². The van der Waals surface area contributed by atoms with Crippen LogP contribution in [-0.4, -0.2) is 30.3 Å². The molecule has 0 saturated heterocycles. The van der Waals surface area contributed by atoms with E-state index in [0.29, 0.717) is 6.42 Å². The summed E-state index contributed by atoms with van der Waals surface area (Å²) in [5.74, 6) is -1.65. The second kappa shape index (κ2) is 14.3. The monoisotopic (exact) mass is 308 g/mol. The molecule has 0 radical (unpaired) electrons. The Morgan fingerprint density at radius 1 is 0.818 bits per heavy atom. The van der Waals surface area contributed by atoms with Gasteiger partial charge in [-0.25, -0.2) is 0 Å². The van der Waals surface area contributed by atoms with Crippen LogP contribution in [0, 0.1) is 0 Å². The zero-order valence-corrected chi connectivity index (χ0v) is 12.1. The van der Waals surface area contributed by atoms with Gasteiger partial charge in [-0.2, -0.15) is 0 Å². The summed E-state index contributed by atoms with van der Waals surface area (Å²) in [7, 11) is 0. The third kappa shape index (κ3) is 19.2. The van der Waals surface area contributed by atoms with Gasteiger partial charge in [0.1, 0.15) is 0 Å². The quantitative estimate of drug-likeness (QED) is 0.337. The second-order valence-corrected chi connectivity index (χ2v) is 3.51. The van der Waals surface area contributed by atoms with Crippen molar-refractivity contribution in [2.24, 2.45) is 11.5 Å². The Morgan fingerprint density at radius 3 is 1.45 bits per heavy atom. The number of hydrogen-bond donors (Lipinski definition) is 4. The van der Waals surface area contributed by atoms with Gasteiger partial charge in [-0.15, -0.1) is 0 Å². The lowest BCUT2D eigenvalue weighted by molar-refractivity contribution is -0.118. The van der Waals surface area contributed by atoms with Gasteiger partial charge in [0, 0.05) is 0 Å². The van der Waals surface area contributed by atoms with Gasteiger partial charge < -0.3 is 22.1 Å². The van der Waals surface area contributed by atoms with Crippen molar-refractivity contribution in [1.82, 2.24) is 10.6 Å². The molecular weight excluding hydrogens is 288 g/mol. The highest BCUT2D eigenvalue weighted by Gasteiger charge is 1.93. The lowest BCUT2D eigenvalue weighted by atomic mass is 10.3. The molecule has 6 N–H and O–H groups in total. The van der Waals surface area contributed by atoms with Gasteiger partial charge in [0.2, 0.25) is 23.6 Å². The number of carbonyl (C=O) groups is 4. The molecule has 0 aliphatic rings. The summed E-state index contributed by atoms with van der Waals surface area (Å²) in [6.45, 7) is 6.56. The van der Waals surface area contributed by atoms with Gasteiger partial charge in [-0.05, 0) is 30.7 Å². The van der Waals surface area contributed by atoms with Crippen molar-refractivity contribution in [3.05, 3.63) is 49.6 Å². The van der Waals surface area contributed by atoms with E-state index < -0.39 is 11.8 Å². The van der Waals surface area contributed by atoms with Crippen molar-refractivity contribution < 1.29 is 19.2 Å². The van der Waals surface area contributed by atoms with Crippen LogP contribution in [0.4, 0.5) is 0 Å². The minimum atomic E-state index is -0.502. The van der Waals surface area contributed by atoms with Gasteiger partial charge in [0.15, 0.2) is 0 Å². The van der Waals surface area contributed by atoms with Gasteiger partial charge in [0.25, 0.3) is 0 Å². The van der Waals surface area contributed by atoms with E-state index in [1.54, 1.807) is 12.2 Å². The van der Waals surface area contributed by atoms with E-state index in [4.69, 9.17) is 11.5 Å². The van der Waals surface area contributed by atoms with Gasteiger partial charge in [-0.3, -0.25) is 19.2 Å². The fourth-order valence-electron chi connectivity index (χ4n) is 0.810. The van der Waals surface area contributed by atoms with Crippen LogP contribution in [0.2, 0.25) is 0 Å². The van der Waals surface area contributed by atoms with Crippen LogP contribution in [0.5, 0.6) is 0 Å². The van der Waals surface area contributed by atoms with Crippen molar-refractivity contribution in [2.45, 2.75) is 6.42 Å². The SMILES string of the molecule is C=CC(=O)NCNC(=O)C=C.NC(=O)C=CCC=CC(N)=O. The number of rotatable bonds is 8. The summed E-state index contributed by atoms with van der Waals surface area (Å²) >= 11 is 0. The molecular formula is C14H20N4O4. The second-order valence-electron chi connectivity index (χ2n) is 3.51.